The van der Waals surface area contributed by atoms with Gasteiger partial charge in [-0.25, -0.2) is 4.79 Å². The van der Waals surface area contributed by atoms with Gasteiger partial charge in [-0.1, -0.05) is 32.4 Å². The quantitative estimate of drug-likeness (QED) is 0.261. The van der Waals surface area contributed by atoms with Crippen molar-refractivity contribution in [2.45, 2.75) is 116 Å². The first-order chi connectivity index (χ1) is 19.1. The zero-order valence-electron chi connectivity index (χ0n) is 24.9. The van der Waals surface area contributed by atoms with Crippen LogP contribution in [0, 0.1) is 17.3 Å². The Morgan fingerprint density at radius 3 is 2.20 bits per heavy atom. The van der Waals surface area contributed by atoms with E-state index in [1.165, 1.54) is 20.8 Å². The second kappa shape index (κ2) is 10.9. The van der Waals surface area contributed by atoms with E-state index in [4.69, 9.17) is 28.4 Å². The first kappa shape index (κ1) is 30.7. The smallest absolute Gasteiger partial charge is 0.342 e. The summed E-state index contributed by atoms with van der Waals surface area (Å²) in [6, 6.07) is 0. The molecule has 1 spiro atoms. The highest BCUT2D eigenvalue weighted by Gasteiger charge is 2.87. The Morgan fingerprint density at radius 1 is 1.00 bits per heavy atom. The number of rotatable bonds is 6. The third-order valence-electron chi connectivity index (χ3n) is 9.08. The van der Waals surface area contributed by atoms with Crippen molar-refractivity contribution in [1.82, 2.24) is 0 Å². The van der Waals surface area contributed by atoms with Gasteiger partial charge in [0.25, 0.3) is 0 Å². The largest absolute Gasteiger partial charge is 0.462 e. The van der Waals surface area contributed by atoms with Gasteiger partial charge in [-0.15, -0.1) is 0 Å². The first-order valence-corrected chi connectivity index (χ1v) is 14.1. The topological polar surface area (TPSA) is 144 Å². The van der Waals surface area contributed by atoms with Crippen LogP contribution in [0.1, 0.15) is 74.7 Å². The lowest BCUT2D eigenvalue weighted by Gasteiger charge is -2.56. The number of allylic oxidation sites excluding steroid dienone is 2. The second-order valence-corrected chi connectivity index (χ2v) is 11.9. The van der Waals surface area contributed by atoms with Crippen LogP contribution in [0.25, 0.3) is 0 Å². The van der Waals surface area contributed by atoms with E-state index < -0.39 is 88.8 Å². The summed E-state index contributed by atoms with van der Waals surface area (Å²) in [4.78, 5) is 63.5. The van der Waals surface area contributed by atoms with E-state index in [9.17, 15) is 24.0 Å². The molecule has 1 saturated carbocycles. The molecule has 1 unspecified atom stereocenters. The number of fused-ring (bicyclic) bond motifs is 1. The van der Waals surface area contributed by atoms with Crippen LogP contribution in [0.2, 0.25) is 0 Å². The molecule has 10 atom stereocenters. The van der Waals surface area contributed by atoms with Crippen LogP contribution in [0.15, 0.2) is 23.8 Å². The molecule has 11 nitrogen and oxygen atoms in total. The number of esters is 5. The number of epoxide rings is 1. The molecular weight excluding hydrogens is 536 g/mol. The predicted octanol–water partition coefficient (Wildman–Crippen LogP) is 3.12. The Balaban J connectivity index is 2.00. The molecule has 0 amide bonds. The van der Waals surface area contributed by atoms with Gasteiger partial charge in [0, 0.05) is 45.4 Å². The van der Waals surface area contributed by atoms with Crippen molar-refractivity contribution in [2.75, 3.05) is 0 Å². The highest BCUT2D eigenvalue weighted by Crippen LogP contribution is 2.65. The lowest BCUT2D eigenvalue weighted by atomic mass is 9.53. The van der Waals surface area contributed by atoms with Crippen molar-refractivity contribution in [3.63, 3.8) is 0 Å². The van der Waals surface area contributed by atoms with E-state index >= 15 is 0 Å². The average Bonchev–Trinajstić information content (AvgIpc) is 3.44. The number of carbonyl (C=O) groups excluding carboxylic acids is 5. The monoisotopic (exact) mass is 576 g/mol. The molecule has 0 aromatic rings. The van der Waals surface area contributed by atoms with Crippen LogP contribution in [0.4, 0.5) is 0 Å². The van der Waals surface area contributed by atoms with Gasteiger partial charge < -0.3 is 28.4 Å². The molecule has 2 aliphatic carbocycles. The van der Waals surface area contributed by atoms with Crippen molar-refractivity contribution in [3.05, 3.63) is 23.8 Å². The molecule has 0 bridgehead atoms. The van der Waals surface area contributed by atoms with E-state index in [0.717, 1.165) is 0 Å². The molecule has 11 heteroatoms. The molecule has 3 fully saturated rings. The molecule has 2 aliphatic heterocycles. The van der Waals surface area contributed by atoms with Gasteiger partial charge in [0.1, 0.15) is 24.4 Å². The summed E-state index contributed by atoms with van der Waals surface area (Å²) in [5.74, 6) is -4.17. The highest BCUT2D eigenvalue weighted by atomic mass is 16.7. The van der Waals surface area contributed by atoms with E-state index in [1.807, 2.05) is 13.8 Å². The van der Waals surface area contributed by atoms with Crippen molar-refractivity contribution >= 4 is 29.8 Å². The first-order valence-electron chi connectivity index (χ1n) is 14.1. The van der Waals surface area contributed by atoms with E-state index in [1.54, 1.807) is 39.0 Å². The fourth-order valence-corrected chi connectivity index (χ4v) is 7.13. The molecule has 0 N–H and O–H groups in total. The lowest BCUT2D eigenvalue weighted by molar-refractivity contribution is -0.228. The van der Waals surface area contributed by atoms with Crippen molar-refractivity contribution in [1.29, 1.82) is 0 Å². The number of ether oxygens (including phenoxy) is 6. The zero-order chi connectivity index (χ0) is 30.5. The van der Waals surface area contributed by atoms with E-state index in [0.29, 0.717) is 12.0 Å². The fourth-order valence-electron chi connectivity index (χ4n) is 7.13. The summed E-state index contributed by atoms with van der Waals surface area (Å²) < 4.78 is 35.8. The highest BCUT2D eigenvalue weighted by molar-refractivity contribution is 5.89. The molecule has 4 rings (SSSR count). The fraction of sp³-hybridized carbons (Fsp3) is 0.700. The summed E-state index contributed by atoms with van der Waals surface area (Å²) in [5, 5.41) is 0. The van der Waals surface area contributed by atoms with Crippen molar-refractivity contribution in [3.8, 4) is 0 Å². The van der Waals surface area contributed by atoms with Crippen LogP contribution < -0.4 is 0 Å². The zero-order valence-corrected chi connectivity index (χ0v) is 24.9. The molecule has 0 radical (unpaired) electrons. The lowest BCUT2D eigenvalue weighted by Crippen LogP contribution is -2.66. The predicted molar refractivity (Wildman–Crippen MR) is 142 cm³/mol. The third-order valence-corrected chi connectivity index (χ3v) is 9.08. The van der Waals surface area contributed by atoms with E-state index in [2.05, 4.69) is 0 Å². The number of hydrogen-bond donors (Lipinski definition) is 0. The number of carbonyl (C=O) groups is 5. The molecule has 4 aliphatic rings. The molecule has 2 heterocycles. The third kappa shape index (κ3) is 5.06. The van der Waals surface area contributed by atoms with Crippen LogP contribution in [-0.4, -0.2) is 71.6 Å². The van der Waals surface area contributed by atoms with Gasteiger partial charge >= 0.3 is 29.8 Å². The number of hydrogen-bond acceptors (Lipinski definition) is 11. The molecule has 41 heavy (non-hydrogen) atoms. The van der Waals surface area contributed by atoms with Crippen LogP contribution in [0.3, 0.4) is 0 Å². The summed E-state index contributed by atoms with van der Waals surface area (Å²) in [5.41, 5.74) is -3.42. The summed E-state index contributed by atoms with van der Waals surface area (Å²) in [6.07, 6.45) is 1.29. The second-order valence-electron chi connectivity index (χ2n) is 11.9. The minimum Gasteiger partial charge on any atom is -0.462 e. The van der Waals surface area contributed by atoms with Crippen LogP contribution >= 0.6 is 0 Å². The van der Waals surface area contributed by atoms with Gasteiger partial charge in [-0.05, 0) is 32.4 Å². The Bertz CT molecular complexity index is 1190. The minimum atomic E-state index is -1.43. The summed E-state index contributed by atoms with van der Waals surface area (Å²) in [6.45, 7) is 12.7. The van der Waals surface area contributed by atoms with Gasteiger partial charge in [-0.3, -0.25) is 19.2 Å². The standard InChI is InChI=1S/C30H40O11/c1-9-10-24(34)39-20-14-22(37-18(5)32)28(7)21(36-17(4)31)12-11-15(2)13-23-30(29(8,41-30)27(35)40-23)26(38-19(6)33)25(28)16(20)3/h11-13,16,20-23,25-26H,9-10,14H2,1-8H3/b12-11+,15-13-/t16-,20-,21-,22-,23-,25?,26+,28-,29-,30-/m0/s1. The van der Waals surface area contributed by atoms with Crippen molar-refractivity contribution in [2.24, 2.45) is 17.3 Å². The SMILES string of the molecule is CCCC(=O)O[C@H]1C[C@H](OC(C)=O)[C@@]2(C)C([C@H]1C)[C@@H](OC(C)=O)[C@]13O[C@@]1(C)C(=O)O[C@H]3/C=C(C)\C=C\[C@@H]2OC(C)=O. The average molecular weight is 577 g/mol. The molecule has 2 saturated heterocycles. The maximum Gasteiger partial charge on any atom is 0.342 e. The Kier molecular flexibility index (Phi) is 8.16. The van der Waals surface area contributed by atoms with Gasteiger partial charge in [0.15, 0.2) is 17.3 Å². The molecule has 226 valence electrons. The molecule has 0 aromatic carbocycles. The van der Waals surface area contributed by atoms with Crippen molar-refractivity contribution < 1.29 is 52.4 Å². The Labute approximate surface area is 239 Å². The maximum atomic E-state index is 13.1. The maximum absolute atomic E-state index is 13.1. The van der Waals surface area contributed by atoms with Gasteiger partial charge in [0.05, 0.1) is 5.41 Å². The molecule has 0 aromatic heterocycles. The Morgan fingerprint density at radius 2 is 1.63 bits per heavy atom. The Hall–Kier alpha value is -3.21. The summed E-state index contributed by atoms with van der Waals surface area (Å²) in [7, 11) is 0. The van der Waals surface area contributed by atoms with Crippen LogP contribution in [0.5, 0.6) is 0 Å². The van der Waals surface area contributed by atoms with Crippen LogP contribution in [-0.2, 0) is 52.4 Å². The molecular formula is C30H40O11. The minimum absolute atomic E-state index is 0.112. The normalized spacial score (nSPS) is 43.0. The van der Waals surface area contributed by atoms with Gasteiger partial charge in [0.2, 0.25) is 0 Å². The summed E-state index contributed by atoms with van der Waals surface area (Å²) >= 11 is 0. The van der Waals surface area contributed by atoms with Gasteiger partial charge in [-0.2, -0.15) is 0 Å². The van der Waals surface area contributed by atoms with E-state index in [-0.39, 0.29) is 12.8 Å².